The van der Waals surface area contributed by atoms with E-state index in [0.717, 1.165) is 4.90 Å². The predicted molar refractivity (Wildman–Crippen MR) is 67.0 cm³/mol. The number of amides is 3. The molecule has 2 aliphatic heterocycles. The highest BCUT2D eigenvalue weighted by Crippen LogP contribution is 2.14. The molecule has 0 saturated carbocycles. The van der Waals surface area contributed by atoms with Gasteiger partial charge in [-0.2, -0.15) is 0 Å². The average Bonchev–Trinajstić information content (AvgIpc) is 2.93. The molecule has 10 heteroatoms. The number of piperazine rings is 1. The summed E-state index contributed by atoms with van der Waals surface area (Å²) in [6.45, 7) is 0.895. The van der Waals surface area contributed by atoms with Crippen molar-refractivity contribution in [1.82, 2.24) is 29.9 Å². The normalized spacial score (nSPS) is 21.7. The Bertz CT molecular complexity index is 599. The van der Waals surface area contributed by atoms with E-state index >= 15 is 0 Å². The van der Waals surface area contributed by atoms with Gasteiger partial charge in [0.2, 0.25) is 5.91 Å². The van der Waals surface area contributed by atoms with Gasteiger partial charge in [0.15, 0.2) is 5.82 Å². The van der Waals surface area contributed by atoms with Crippen LogP contribution in [0.25, 0.3) is 0 Å². The van der Waals surface area contributed by atoms with Gasteiger partial charge in [0.25, 0.3) is 0 Å². The Labute approximate surface area is 119 Å². The van der Waals surface area contributed by atoms with Crippen molar-refractivity contribution >= 4 is 17.9 Å². The van der Waals surface area contributed by atoms with Crippen molar-refractivity contribution in [2.24, 2.45) is 0 Å². The summed E-state index contributed by atoms with van der Waals surface area (Å²) in [4.78, 5) is 37.7. The van der Waals surface area contributed by atoms with Gasteiger partial charge in [0.1, 0.15) is 18.9 Å². The first-order chi connectivity index (χ1) is 10.1. The molecule has 112 valence electrons. The molecular formula is C11H14N6O4. The number of hydrogen-bond acceptors (Lipinski definition) is 5. The number of carbonyl (C=O) groups excluding carboxylic acids is 2. The maximum atomic E-state index is 12.5. The van der Waals surface area contributed by atoms with Crippen LogP contribution >= 0.6 is 0 Å². The number of rotatable bonds is 1. The Morgan fingerprint density at radius 2 is 2.14 bits per heavy atom. The van der Waals surface area contributed by atoms with E-state index in [0.29, 0.717) is 18.9 Å². The van der Waals surface area contributed by atoms with E-state index in [4.69, 9.17) is 0 Å². The number of nitrogens with zero attached hydrogens (tertiary/aromatic N) is 5. The number of aliphatic carboxylic acids is 1. The number of carbonyl (C=O) groups is 3. The molecule has 1 atom stereocenters. The number of carboxylic acids is 1. The molecule has 3 heterocycles. The smallest absolute Gasteiger partial charge is 0.328 e. The van der Waals surface area contributed by atoms with Crippen LogP contribution in [0, 0.1) is 0 Å². The molecule has 2 aliphatic rings. The Morgan fingerprint density at radius 1 is 1.33 bits per heavy atom. The van der Waals surface area contributed by atoms with Gasteiger partial charge in [-0.25, -0.2) is 9.59 Å². The third kappa shape index (κ3) is 2.39. The van der Waals surface area contributed by atoms with Crippen molar-refractivity contribution in [1.29, 1.82) is 0 Å². The van der Waals surface area contributed by atoms with Gasteiger partial charge in [0.05, 0.1) is 6.54 Å². The summed E-state index contributed by atoms with van der Waals surface area (Å²) in [5, 5.41) is 19.3. The molecule has 3 rings (SSSR count). The van der Waals surface area contributed by atoms with Crippen LogP contribution in [0.1, 0.15) is 5.82 Å². The highest BCUT2D eigenvalue weighted by Gasteiger charge is 2.38. The first-order valence-electron chi connectivity index (χ1n) is 6.48. The third-order valence-corrected chi connectivity index (χ3v) is 3.62. The number of aromatic nitrogens is 3. The van der Waals surface area contributed by atoms with Crippen LogP contribution < -0.4 is 5.32 Å². The molecule has 0 aliphatic carbocycles. The summed E-state index contributed by atoms with van der Waals surface area (Å²) in [7, 11) is 0. The van der Waals surface area contributed by atoms with Crippen LogP contribution in [0.5, 0.6) is 0 Å². The summed E-state index contributed by atoms with van der Waals surface area (Å²) in [6.07, 6.45) is 1.59. The molecular weight excluding hydrogens is 280 g/mol. The van der Waals surface area contributed by atoms with Gasteiger partial charge in [-0.1, -0.05) is 0 Å². The Kier molecular flexibility index (Phi) is 3.20. The van der Waals surface area contributed by atoms with Crippen molar-refractivity contribution in [3.8, 4) is 0 Å². The van der Waals surface area contributed by atoms with E-state index in [9.17, 15) is 19.5 Å². The molecule has 21 heavy (non-hydrogen) atoms. The summed E-state index contributed by atoms with van der Waals surface area (Å²) in [5.41, 5.74) is 0. The summed E-state index contributed by atoms with van der Waals surface area (Å²) >= 11 is 0. The highest BCUT2D eigenvalue weighted by molar-refractivity contribution is 5.90. The van der Waals surface area contributed by atoms with Gasteiger partial charge >= 0.3 is 12.0 Å². The molecule has 2 N–H and O–H groups in total. The number of urea groups is 1. The molecule has 1 aromatic rings. The fourth-order valence-corrected chi connectivity index (χ4v) is 2.47. The van der Waals surface area contributed by atoms with Crippen molar-refractivity contribution < 1.29 is 19.5 Å². The van der Waals surface area contributed by atoms with Gasteiger partial charge in [-0.3, -0.25) is 9.69 Å². The first-order valence-corrected chi connectivity index (χ1v) is 6.48. The van der Waals surface area contributed by atoms with Crippen LogP contribution in [0.2, 0.25) is 0 Å². The van der Waals surface area contributed by atoms with Crippen LogP contribution in [0.15, 0.2) is 6.33 Å². The SMILES string of the molecule is O=C1CN(C(=O)N2CCn3cnnc3C2)C(C(=O)O)CN1. The minimum absolute atomic E-state index is 0.0794. The molecule has 1 aromatic heterocycles. The topological polar surface area (TPSA) is 121 Å². The van der Waals surface area contributed by atoms with Crippen molar-refractivity contribution in [2.45, 2.75) is 19.1 Å². The van der Waals surface area contributed by atoms with Crippen molar-refractivity contribution in [3.63, 3.8) is 0 Å². The molecule has 1 fully saturated rings. The van der Waals surface area contributed by atoms with E-state index in [2.05, 4.69) is 15.5 Å². The lowest BCUT2D eigenvalue weighted by molar-refractivity contribution is -0.144. The number of hydrogen-bond donors (Lipinski definition) is 2. The van der Waals surface area contributed by atoms with Crippen LogP contribution in [-0.4, -0.2) is 73.3 Å². The van der Waals surface area contributed by atoms with Gasteiger partial charge in [0, 0.05) is 19.6 Å². The van der Waals surface area contributed by atoms with Crippen molar-refractivity contribution in [2.75, 3.05) is 19.6 Å². The second-order valence-corrected chi connectivity index (χ2v) is 4.93. The maximum absolute atomic E-state index is 12.5. The minimum atomic E-state index is -1.14. The zero-order valence-electron chi connectivity index (χ0n) is 11.1. The first kappa shape index (κ1) is 13.3. The average molecular weight is 294 g/mol. The highest BCUT2D eigenvalue weighted by atomic mass is 16.4. The molecule has 3 amide bonds. The van der Waals surface area contributed by atoms with Gasteiger partial charge in [-0.15, -0.1) is 10.2 Å². The fraction of sp³-hybridized carbons (Fsp3) is 0.545. The minimum Gasteiger partial charge on any atom is -0.480 e. The molecule has 1 unspecified atom stereocenters. The Balaban J connectivity index is 1.77. The zero-order valence-corrected chi connectivity index (χ0v) is 11.1. The van der Waals surface area contributed by atoms with Gasteiger partial charge < -0.3 is 19.9 Å². The largest absolute Gasteiger partial charge is 0.480 e. The fourth-order valence-electron chi connectivity index (χ4n) is 2.47. The van der Waals surface area contributed by atoms with E-state index < -0.39 is 18.0 Å². The number of nitrogens with one attached hydrogen (secondary N) is 1. The van der Waals surface area contributed by atoms with Crippen molar-refractivity contribution in [3.05, 3.63) is 12.2 Å². The summed E-state index contributed by atoms with van der Waals surface area (Å²) in [5.74, 6) is -0.854. The summed E-state index contributed by atoms with van der Waals surface area (Å²) < 4.78 is 1.83. The maximum Gasteiger partial charge on any atom is 0.328 e. The molecule has 0 aromatic carbocycles. The lowest BCUT2D eigenvalue weighted by Crippen LogP contribution is -2.62. The quantitative estimate of drug-likeness (QED) is 0.624. The second-order valence-electron chi connectivity index (χ2n) is 4.93. The number of carboxylic acid groups (broad SMARTS) is 1. The third-order valence-electron chi connectivity index (χ3n) is 3.62. The van der Waals surface area contributed by atoms with E-state index in [1.54, 1.807) is 6.33 Å². The molecule has 10 nitrogen and oxygen atoms in total. The van der Waals surface area contributed by atoms with Crippen LogP contribution in [-0.2, 0) is 22.7 Å². The van der Waals surface area contributed by atoms with E-state index in [-0.39, 0.29) is 25.5 Å². The van der Waals surface area contributed by atoms with Crippen LogP contribution in [0.3, 0.4) is 0 Å². The van der Waals surface area contributed by atoms with Gasteiger partial charge in [-0.05, 0) is 0 Å². The number of fused-ring (bicyclic) bond motifs is 1. The van der Waals surface area contributed by atoms with E-state index in [1.165, 1.54) is 4.90 Å². The second kappa shape index (κ2) is 5.04. The predicted octanol–water partition coefficient (Wildman–Crippen LogP) is -1.90. The molecule has 0 spiro atoms. The molecule has 1 saturated heterocycles. The zero-order chi connectivity index (χ0) is 15.0. The standard InChI is InChI=1S/C11H14N6O4/c18-9-5-17(7(3-12-9)10(19)20)11(21)15-1-2-16-6-13-14-8(16)4-15/h6-7H,1-5H2,(H,12,18)(H,19,20). The van der Waals surface area contributed by atoms with Crippen LogP contribution in [0.4, 0.5) is 4.79 Å². The lowest BCUT2D eigenvalue weighted by Gasteiger charge is -2.37. The molecule has 0 radical (unpaired) electrons. The molecule has 0 bridgehead atoms. The Hall–Kier alpha value is -2.65. The lowest BCUT2D eigenvalue weighted by atomic mass is 10.2. The van der Waals surface area contributed by atoms with E-state index in [1.807, 2.05) is 4.57 Å². The monoisotopic (exact) mass is 294 g/mol. The summed E-state index contributed by atoms with van der Waals surface area (Å²) in [6, 6.07) is -1.51. The Morgan fingerprint density at radius 3 is 2.90 bits per heavy atom.